The molecule has 0 aliphatic carbocycles. The van der Waals surface area contributed by atoms with Crippen LogP contribution in [0.3, 0.4) is 0 Å². The molecule has 0 unspecified atom stereocenters. The molecule has 5 rings (SSSR count). The number of thioether (sulfide) groups is 1. The minimum atomic E-state index is -4.58. The summed E-state index contributed by atoms with van der Waals surface area (Å²) in [5.74, 6) is 0.138. The molecule has 0 bridgehead atoms. The second kappa shape index (κ2) is 8.24. The molecule has 166 valence electrons. The third kappa shape index (κ3) is 4.02. The minimum Gasteiger partial charge on any atom is -0.461 e. The number of carbonyl (C=O) groups excluding carboxylic acids is 1. The highest BCUT2D eigenvalue weighted by Crippen LogP contribution is 2.35. The van der Waals surface area contributed by atoms with Crippen molar-refractivity contribution in [1.29, 1.82) is 0 Å². The molecule has 0 spiro atoms. The summed E-state index contributed by atoms with van der Waals surface area (Å²) in [4.78, 5) is 17.1. The monoisotopic (exact) mass is 469 g/mol. The van der Waals surface area contributed by atoms with Crippen LogP contribution in [0, 0.1) is 0 Å². The fraction of sp³-hybridized carbons (Fsp3) is 0.0909. The number of alkyl halides is 3. The number of fused-ring (bicyclic) bond motifs is 3. The van der Waals surface area contributed by atoms with Crippen LogP contribution in [0.15, 0.2) is 76.5 Å². The zero-order valence-corrected chi connectivity index (χ0v) is 17.5. The van der Waals surface area contributed by atoms with E-state index in [0.717, 1.165) is 23.2 Å². The number of amides is 1. The van der Waals surface area contributed by atoms with E-state index in [1.165, 1.54) is 24.5 Å². The Morgan fingerprint density at radius 3 is 2.61 bits per heavy atom. The summed E-state index contributed by atoms with van der Waals surface area (Å²) in [7, 11) is 0. The first-order valence-corrected chi connectivity index (χ1v) is 10.7. The first kappa shape index (κ1) is 21.0. The van der Waals surface area contributed by atoms with Gasteiger partial charge in [0, 0.05) is 5.39 Å². The molecule has 5 aromatic rings. The molecule has 0 radical (unpaired) electrons. The standard InChI is InChI=1S/C22H14F3N5O2S/c23-22(24,25)14-7-2-4-9-16(14)26-18(31)12-33-21-29-28-19-13-6-1-3-8-15(13)27-20(30(19)21)17-10-5-11-32-17/h1-11H,12H2,(H,26,31). The third-order valence-electron chi connectivity index (χ3n) is 4.80. The van der Waals surface area contributed by atoms with Crippen LogP contribution < -0.4 is 5.32 Å². The molecule has 7 nitrogen and oxygen atoms in total. The number of halogens is 3. The molecule has 33 heavy (non-hydrogen) atoms. The summed E-state index contributed by atoms with van der Waals surface area (Å²) in [5, 5.41) is 11.9. The predicted octanol–water partition coefficient (Wildman–Crippen LogP) is 5.29. The van der Waals surface area contributed by atoms with Crippen LogP contribution in [0.25, 0.3) is 28.1 Å². The summed E-state index contributed by atoms with van der Waals surface area (Å²) in [6.45, 7) is 0. The summed E-state index contributed by atoms with van der Waals surface area (Å²) >= 11 is 1.03. The first-order chi connectivity index (χ1) is 15.9. The number of benzene rings is 2. The smallest absolute Gasteiger partial charge is 0.418 e. The summed E-state index contributed by atoms with van der Waals surface area (Å²) in [6.07, 6.45) is -3.06. The highest BCUT2D eigenvalue weighted by molar-refractivity contribution is 7.99. The van der Waals surface area contributed by atoms with Crippen molar-refractivity contribution in [3.63, 3.8) is 0 Å². The zero-order chi connectivity index (χ0) is 23.0. The summed E-state index contributed by atoms with van der Waals surface area (Å²) in [5.41, 5.74) is 0.0110. The van der Waals surface area contributed by atoms with Gasteiger partial charge in [-0.2, -0.15) is 13.2 Å². The van der Waals surface area contributed by atoms with Gasteiger partial charge in [0.1, 0.15) is 0 Å². The Morgan fingerprint density at radius 1 is 1.03 bits per heavy atom. The van der Waals surface area contributed by atoms with Crippen LogP contribution in [0.2, 0.25) is 0 Å². The van der Waals surface area contributed by atoms with Crippen molar-refractivity contribution in [2.75, 3.05) is 11.1 Å². The first-order valence-electron chi connectivity index (χ1n) is 9.68. The van der Waals surface area contributed by atoms with Crippen molar-refractivity contribution in [2.24, 2.45) is 0 Å². The largest absolute Gasteiger partial charge is 0.461 e. The Labute approximate surface area is 188 Å². The van der Waals surface area contributed by atoms with Crippen LogP contribution in [0.1, 0.15) is 5.56 Å². The minimum absolute atomic E-state index is 0.183. The molecule has 3 heterocycles. The third-order valence-corrected chi connectivity index (χ3v) is 5.73. The number of furan rings is 1. The predicted molar refractivity (Wildman–Crippen MR) is 117 cm³/mol. The number of anilines is 1. The lowest BCUT2D eigenvalue weighted by Gasteiger charge is -2.13. The van der Waals surface area contributed by atoms with Crippen molar-refractivity contribution in [3.05, 3.63) is 72.5 Å². The molecular formula is C22H14F3N5O2S. The van der Waals surface area contributed by atoms with E-state index < -0.39 is 17.6 Å². The van der Waals surface area contributed by atoms with Gasteiger partial charge in [0.2, 0.25) is 5.91 Å². The molecule has 0 saturated heterocycles. The van der Waals surface area contributed by atoms with E-state index in [1.54, 1.807) is 16.5 Å². The number of nitrogens with zero attached hydrogens (tertiary/aromatic N) is 4. The van der Waals surface area contributed by atoms with Crippen molar-refractivity contribution in [3.8, 4) is 11.6 Å². The van der Waals surface area contributed by atoms with Crippen LogP contribution >= 0.6 is 11.8 Å². The molecule has 1 amide bonds. The van der Waals surface area contributed by atoms with Gasteiger partial charge in [-0.15, -0.1) is 10.2 Å². The average Bonchev–Trinajstić information content (AvgIpc) is 3.47. The highest BCUT2D eigenvalue weighted by atomic mass is 32.2. The molecule has 11 heteroatoms. The average molecular weight is 469 g/mol. The lowest BCUT2D eigenvalue weighted by molar-refractivity contribution is -0.137. The Kier molecular flexibility index (Phi) is 5.25. The van der Waals surface area contributed by atoms with Crippen LogP contribution in [-0.2, 0) is 11.0 Å². The lowest BCUT2D eigenvalue weighted by Crippen LogP contribution is -2.18. The normalized spacial score (nSPS) is 11.8. The van der Waals surface area contributed by atoms with E-state index in [0.29, 0.717) is 27.9 Å². The summed E-state index contributed by atoms with van der Waals surface area (Å²) < 4.78 is 46.8. The van der Waals surface area contributed by atoms with Crippen LogP contribution in [0.5, 0.6) is 0 Å². The van der Waals surface area contributed by atoms with E-state index in [-0.39, 0.29) is 11.4 Å². The second-order valence-corrected chi connectivity index (χ2v) is 7.89. The van der Waals surface area contributed by atoms with Gasteiger partial charge in [0.15, 0.2) is 22.4 Å². The fourth-order valence-corrected chi connectivity index (χ4v) is 4.11. The maximum Gasteiger partial charge on any atom is 0.418 e. The van der Waals surface area contributed by atoms with Gasteiger partial charge in [0.25, 0.3) is 0 Å². The van der Waals surface area contributed by atoms with Crippen molar-refractivity contribution < 1.29 is 22.4 Å². The van der Waals surface area contributed by atoms with Gasteiger partial charge >= 0.3 is 6.18 Å². The van der Waals surface area contributed by atoms with E-state index in [9.17, 15) is 18.0 Å². The molecule has 0 saturated carbocycles. The molecule has 3 aromatic heterocycles. The second-order valence-electron chi connectivity index (χ2n) is 6.95. The van der Waals surface area contributed by atoms with Crippen molar-refractivity contribution in [2.45, 2.75) is 11.3 Å². The Balaban J connectivity index is 1.46. The zero-order valence-electron chi connectivity index (χ0n) is 16.7. The van der Waals surface area contributed by atoms with Crippen molar-refractivity contribution >= 4 is 39.9 Å². The number of nitrogens with one attached hydrogen (secondary N) is 1. The van der Waals surface area contributed by atoms with E-state index >= 15 is 0 Å². The van der Waals surface area contributed by atoms with Gasteiger partial charge in [0.05, 0.1) is 28.8 Å². The number of hydrogen-bond acceptors (Lipinski definition) is 6. The summed E-state index contributed by atoms with van der Waals surface area (Å²) in [6, 6.07) is 15.7. The number of para-hydroxylation sites is 2. The number of aromatic nitrogens is 4. The number of hydrogen-bond donors (Lipinski definition) is 1. The Hall–Kier alpha value is -3.86. The van der Waals surface area contributed by atoms with Gasteiger partial charge in [-0.25, -0.2) is 4.98 Å². The molecule has 0 fully saturated rings. The SMILES string of the molecule is O=C(CSc1nnc2c3ccccc3nc(-c3ccco3)n12)Nc1ccccc1C(F)(F)F. The van der Waals surface area contributed by atoms with E-state index in [4.69, 9.17) is 4.42 Å². The Bertz CT molecular complexity index is 1460. The number of carbonyl (C=O) groups is 1. The molecule has 1 N–H and O–H groups in total. The Morgan fingerprint density at radius 2 is 1.82 bits per heavy atom. The van der Waals surface area contributed by atoms with E-state index in [2.05, 4.69) is 20.5 Å². The van der Waals surface area contributed by atoms with Crippen LogP contribution in [0.4, 0.5) is 18.9 Å². The lowest BCUT2D eigenvalue weighted by atomic mass is 10.1. The molecule has 0 aliphatic heterocycles. The highest BCUT2D eigenvalue weighted by Gasteiger charge is 2.33. The molecular weight excluding hydrogens is 455 g/mol. The van der Waals surface area contributed by atoms with Gasteiger partial charge < -0.3 is 9.73 Å². The maximum atomic E-state index is 13.2. The van der Waals surface area contributed by atoms with Gasteiger partial charge in [-0.3, -0.25) is 9.20 Å². The molecule has 0 aliphatic rings. The van der Waals surface area contributed by atoms with Gasteiger partial charge in [-0.05, 0) is 36.4 Å². The fourth-order valence-electron chi connectivity index (χ4n) is 3.38. The molecule has 0 atom stereocenters. The van der Waals surface area contributed by atoms with Crippen LogP contribution in [-0.4, -0.2) is 31.2 Å². The van der Waals surface area contributed by atoms with Crippen molar-refractivity contribution in [1.82, 2.24) is 19.6 Å². The maximum absolute atomic E-state index is 13.2. The molecule has 2 aromatic carbocycles. The quantitative estimate of drug-likeness (QED) is 0.352. The topological polar surface area (TPSA) is 85.3 Å². The van der Waals surface area contributed by atoms with Gasteiger partial charge in [-0.1, -0.05) is 36.0 Å². The number of rotatable bonds is 5. The van der Waals surface area contributed by atoms with E-state index in [1.807, 2.05) is 24.3 Å².